The first-order valence-corrected chi connectivity index (χ1v) is 8.69. The molecule has 130 valence electrons. The number of aliphatic hydroxyl groups is 1. The Morgan fingerprint density at radius 1 is 1.38 bits per heavy atom. The van der Waals surface area contributed by atoms with Gasteiger partial charge in [-0.15, -0.1) is 5.10 Å². The zero-order valence-corrected chi connectivity index (χ0v) is 13.6. The zero-order valence-electron chi connectivity index (χ0n) is 12.8. The van der Waals surface area contributed by atoms with Gasteiger partial charge in [0.1, 0.15) is 6.04 Å². The fourth-order valence-electron chi connectivity index (χ4n) is 1.93. The molecule has 0 saturated heterocycles. The van der Waals surface area contributed by atoms with E-state index < -0.39 is 21.1 Å². The third-order valence-electron chi connectivity index (χ3n) is 3.15. The molecule has 0 aliphatic rings. The highest BCUT2D eigenvalue weighted by Crippen LogP contribution is 2.15. The second-order valence-electron chi connectivity index (χ2n) is 5.12. The average molecular weight is 356 g/mol. The van der Waals surface area contributed by atoms with E-state index in [1.54, 1.807) is 18.3 Å². The van der Waals surface area contributed by atoms with Crippen LogP contribution in [-0.2, 0) is 20.7 Å². The summed E-state index contributed by atoms with van der Waals surface area (Å²) in [7, 11) is -3.62. The number of aliphatic hydroxyl groups excluding tert-OH is 1. The summed E-state index contributed by atoms with van der Waals surface area (Å²) in [6.07, 6.45) is 2.87. The normalized spacial score (nSPS) is 12.9. The van der Waals surface area contributed by atoms with Gasteiger partial charge in [0.05, 0.1) is 30.1 Å². The van der Waals surface area contributed by atoms with Crippen LogP contribution in [0.4, 0.5) is 5.69 Å². The van der Waals surface area contributed by atoms with Gasteiger partial charge < -0.3 is 5.11 Å². The maximum absolute atomic E-state index is 11.0. The summed E-state index contributed by atoms with van der Waals surface area (Å²) in [5.41, 5.74) is 1.38. The predicted octanol–water partition coefficient (Wildman–Crippen LogP) is 0.287. The van der Waals surface area contributed by atoms with E-state index in [9.17, 15) is 23.6 Å². The zero-order chi connectivity index (χ0) is 17.7. The molecule has 0 bridgehead atoms. The molecule has 0 amide bonds. The number of non-ortho nitro benzene ring substituents is 1. The summed E-state index contributed by atoms with van der Waals surface area (Å²) in [6, 6.07) is 5.35. The number of nitro benzene ring substituents is 1. The molecule has 1 N–H and O–H groups in total. The van der Waals surface area contributed by atoms with Gasteiger partial charge in [-0.2, -0.15) is 8.42 Å². The first-order valence-electron chi connectivity index (χ1n) is 6.88. The van der Waals surface area contributed by atoms with Crippen LogP contribution in [0.1, 0.15) is 17.3 Å². The lowest BCUT2D eigenvalue weighted by molar-refractivity contribution is -0.384. The van der Waals surface area contributed by atoms with Gasteiger partial charge in [0.25, 0.3) is 15.8 Å². The van der Waals surface area contributed by atoms with Crippen molar-refractivity contribution in [2.75, 3.05) is 19.5 Å². The lowest BCUT2D eigenvalue weighted by Crippen LogP contribution is -2.21. The minimum atomic E-state index is -3.62. The molecule has 2 rings (SSSR count). The molecule has 0 aliphatic heterocycles. The molecule has 11 heteroatoms. The van der Waals surface area contributed by atoms with E-state index in [4.69, 9.17) is 0 Å². The third kappa shape index (κ3) is 5.08. The lowest BCUT2D eigenvalue weighted by Gasteiger charge is -2.12. The van der Waals surface area contributed by atoms with Crippen molar-refractivity contribution in [3.05, 3.63) is 51.8 Å². The topological polar surface area (TPSA) is 137 Å². The second kappa shape index (κ2) is 7.47. The molecule has 1 heterocycles. The molecular weight excluding hydrogens is 340 g/mol. The molecule has 0 spiro atoms. The molecule has 2 aromatic rings. The highest BCUT2D eigenvalue weighted by atomic mass is 32.2. The fourth-order valence-corrected chi connectivity index (χ4v) is 2.34. The van der Waals surface area contributed by atoms with Gasteiger partial charge >= 0.3 is 0 Å². The Morgan fingerprint density at radius 3 is 2.58 bits per heavy atom. The third-order valence-corrected chi connectivity index (χ3v) is 3.71. The SMILES string of the molecule is CS(=O)(=O)OCC(CO)n1cc(Cc2ccc([N+](=O)[O-])cc2)nn1. The van der Waals surface area contributed by atoms with E-state index in [0.29, 0.717) is 12.1 Å². The summed E-state index contributed by atoms with van der Waals surface area (Å²) in [4.78, 5) is 10.1. The molecule has 1 aromatic heterocycles. The Balaban J connectivity index is 2.04. The highest BCUT2D eigenvalue weighted by molar-refractivity contribution is 7.85. The molecule has 0 radical (unpaired) electrons. The summed E-state index contributed by atoms with van der Waals surface area (Å²) >= 11 is 0. The van der Waals surface area contributed by atoms with Gasteiger partial charge in [-0.25, -0.2) is 4.68 Å². The van der Waals surface area contributed by atoms with Crippen LogP contribution < -0.4 is 0 Å². The largest absolute Gasteiger partial charge is 0.394 e. The molecule has 24 heavy (non-hydrogen) atoms. The van der Waals surface area contributed by atoms with Crippen molar-refractivity contribution in [3.8, 4) is 0 Å². The predicted molar refractivity (Wildman–Crippen MR) is 82.8 cm³/mol. The number of benzene rings is 1. The number of rotatable bonds is 8. The van der Waals surface area contributed by atoms with Gasteiger partial charge in [-0.1, -0.05) is 17.3 Å². The van der Waals surface area contributed by atoms with Crippen LogP contribution in [0.25, 0.3) is 0 Å². The summed E-state index contributed by atoms with van der Waals surface area (Å²) < 4.78 is 28.0. The first-order chi connectivity index (χ1) is 11.3. The molecule has 0 aliphatic carbocycles. The van der Waals surface area contributed by atoms with Crippen molar-refractivity contribution >= 4 is 15.8 Å². The maximum atomic E-state index is 11.0. The number of aromatic nitrogens is 3. The number of hydrogen-bond donors (Lipinski definition) is 1. The van der Waals surface area contributed by atoms with Crippen molar-refractivity contribution in [2.24, 2.45) is 0 Å². The van der Waals surface area contributed by atoms with E-state index in [0.717, 1.165) is 11.8 Å². The molecular formula is C13H16N4O6S. The summed E-state index contributed by atoms with van der Waals surface area (Å²) in [5.74, 6) is 0. The maximum Gasteiger partial charge on any atom is 0.269 e. The molecule has 1 atom stereocenters. The Labute approximate surface area is 138 Å². The van der Waals surface area contributed by atoms with Crippen molar-refractivity contribution in [1.82, 2.24) is 15.0 Å². The Hall–Kier alpha value is -2.37. The number of nitrogens with zero attached hydrogens (tertiary/aromatic N) is 4. The van der Waals surface area contributed by atoms with E-state index in [1.807, 2.05) is 0 Å². The van der Waals surface area contributed by atoms with Crippen molar-refractivity contribution < 1.29 is 22.6 Å². The Kier molecular flexibility index (Phi) is 5.59. The Morgan fingerprint density at radius 2 is 2.04 bits per heavy atom. The van der Waals surface area contributed by atoms with Crippen molar-refractivity contribution in [2.45, 2.75) is 12.5 Å². The number of hydrogen-bond acceptors (Lipinski definition) is 8. The average Bonchev–Trinajstić information content (AvgIpc) is 2.95. The fraction of sp³-hybridized carbons (Fsp3) is 0.385. The second-order valence-corrected chi connectivity index (χ2v) is 6.76. The quantitative estimate of drug-likeness (QED) is 0.404. The van der Waals surface area contributed by atoms with Gasteiger partial charge in [0, 0.05) is 24.8 Å². The van der Waals surface area contributed by atoms with Crippen LogP contribution in [0.3, 0.4) is 0 Å². The van der Waals surface area contributed by atoms with Crippen LogP contribution >= 0.6 is 0 Å². The molecule has 10 nitrogen and oxygen atoms in total. The standard InChI is InChI=1S/C13H16N4O6S/c1-24(21,22)23-9-13(8-18)16-7-11(14-15-16)6-10-2-4-12(5-3-10)17(19)20/h2-5,7,13,18H,6,8-9H2,1H3. The van der Waals surface area contributed by atoms with Crippen LogP contribution in [0.5, 0.6) is 0 Å². The van der Waals surface area contributed by atoms with E-state index in [-0.39, 0.29) is 18.9 Å². The van der Waals surface area contributed by atoms with Gasteiger partial charge in [-0.3, -0.25) is 14.3 Å². The van der Waals surface area contributed by atoms with Crippen molar-refractivity contribution in [3.63, 3.8) is 0 Å². The van der Waals surface area contributed by atoms with Gasteiger partial charge in [0.15, 0.2) is 0 Å². The smallest absolute Gasteiger partial charge is 0.269 e. The van der Waals surface area contributed by atoms with E-state index in [2.05, 4.69) is 14.5 Å². The molecule has 0 saturated carbocycles. The molecule has 0 fully saturated rings. The van der Waals surface area contributed by atoms with Crippen molar-refractivity contribution in [1.29, 1.82) is 0 Å². The molecule has 1 unspecified atom stereocenters. The monoisotopic (exact) mass is 356 g/mol. The Bertz CT molecular complexity index is 802. The van der Waals surface area contributed by atoms with Crippen LogP contribution in [-0.4, -0.2) is 52.9 Å². The minimum Gasteiger partial charge on any atom is -0.394 e. The van der Waals surface area contributed by atoms with Crippen LogP contribution in [0, 0.1) is 10.1 Å². The van der Waals surface area contributed by atoms with E-state index >= 15 is 0 Å². The summed E-state index contributed by atoms with van der Waals surface area (Å²) in [6.45, 7) is -0.620. The van der Waals surface area contributed by atoms with Gasteiger partial charge in [0.2, 0.25) is 0 Å². The van der Waals surface area contributed by atoms with Crippen LogP contribution in [0.15, 0.2) is 30.5 Å². The number of nitro groups is 1. The lowest BCUT2D eigenvalue weighted by atomic mass is 10.1. The van der Waals surface area contributed by atoms with Crippen LogP contribution in [0.2, 0.25) is 0 Å². The van der Waals surface area contributed by atoms with E-state index in [1.165, 1.54) is 16.8 Å². The summed E-state index contributed by atoms with van der Waals surface area (Å²) in [5, 5.41) is 27.7. The first kappa shape index (κ1) is 18.0. The van der Waals surface area contributed by atoms with Gasteiger partial charge in [-0.05, 0) is 5.56 Å². The highest BCUT2D eigenvalue weighted by Gasteiger charge is 2.16. The minimum absolute atomic E-state index is 0.000623. The molecule has 1 aromatic carbocycles.